The van der Waals surface area contributed by atoms with Gasteiger partial charge in [0.25, 0.3) is 0 Å². The molecular formula is C41H66BN. The lowest BCUT2D eigenvalue weighted by molar-refractivity contribution is -0.929. The molecule has 0 heterocycles. The first-order valence-electron chi connectivity index (χ1n) is 18.0. The van der Waals surface area contributed by atoms with E-state index in [1.807, 2.05) is 0 Å². The Hall–Kier alpha value is -2.32. The predicted octanol–water partition coefficient (Wildman–Crippen LogP) is 9.89. The van der Waals surface area contributed by atoms with Crippen molar-refractivity contribution in [2.24, 2.45) is 0 Å². The van der Waals surface area contributed by atoms with Gasteiger partial charge in [-0.3, -0.25) is 0 Å². The zero-order valence-electron chi connectivity index (χ0n) is 29.6. The Morgan fingerprint density at radius 2 is 0.651 bits per heavy atom. The summed E-state index contributed by atoms with van der Waals surface area (Å²) in [7, 11) is 0. The quantitative estimate of drug-likeness (QED) is 0.103. The Bertz CT molecular complexity index is 965. The molecule has 0 aliphatic carbocycles. The van der Waals surface area contributed by atoms with E-state index >= 15 is 0 Å². The molecule has 0 aromatic heterocycles. The summed E-state index contributed by atoms with van der Waals surface area (Å²) in [6, 6.07) is 27.7. The molecule has 0 N–H and O–H groups in total. The van der Waals surface area contributed by atoms with Gasteiger partial charge in [0, 0.05) is 0 Å². The summed E-state index contributed by atoms with van der Waals surface area (Å²) in [6.07, 6.45) is 13.7. The van der Waals surface area contributed by atoms with Crippen LogP contribution in [0.3, 0.4) is 0 Å². The molecule has 0 fully saturated rings. The highest BCUT2D eigenvalue weighted by atomic mass is 15.3. The summed E-state index contributed by atoms with van der Waals surface area (Å²) in [6.45, 7) is 23.8. The van der Waals surface area contributed by atoms with Crippen molar-refractivity contribution in [3.05, 3.63) is 89.5 Å². The van der Waals surface area contributed by atoms with Crippen LogP contribution < -0.4 is 16.4 Å². The molecule has 3 aromatic carbocycles. The minimum Gasteiger partial charge on any atom is -0.324 e. The van der Waals surface area contributed by atoms with E-state index in [0.717, 1.165) is 0 Å². The van der Waals surface area contributed by atoms with Crippen LogP contribution in [0.4, 0.5) is 0 Å². The average Bonchev–Trinajstić information content (AvgIpc) is 3.03. The third-order valence-electron chi connectivity index (χ3n) is 9.87. The van der Waals surface area contributed by atoms with Crippen LogP contribution >= 0.6 is 0 Å². The van der Waals surface area contributed by atoms with Gasteiger partial charge in [0.05, 0.1) is 32.3 Å². The molecule has 0 saturated carbocycles. The van der Waals surface area contributed by atoms with Crippen molar-refractivity contribution in [1.29, 1.82) is 0 Å². The summed E-state index contributed by atoms with van der Waals surface area (Å²) in [5, 5.41) is 0. The Morgan fingerprint density at radius 3 is 0.884 bits per heavy atom. The maximum absolute atomic E-state index is 2.35. The number of aryl methyl sites for hydroxylation is 3. The van der Waals surface area contributed by atoms with E-state index in [0.29, 0.717) is 0 Å². The minimum absolute atomic E-state index is 0.957. The SMILES string of the molecule is CCCC[B-](c1ccc(C)cc1)(c1ccc(C)cc1)c1ccc(C)cc1.CCCC[N+](CCCC)(CCCC)CCCC. The molecule has 0 amide bonds. The van der Waals surface area contributed by atoms with Crippen molar-refractivity contribution in [3.8, 4) is 0 Å². The van der Waals surface area contributed by atoms with Gasteiger partial charge in [-0.2, -0.15) is 22.7 Å². The van der Waals surface area contributed by atoms with E-state index in [1.165, 1.54) is 134 Å². The lowest BCUT2D eigenvalue weighted by Gasteiger charge is -2.43. The Kier molecular flexibility index (Phi) is 17.0. The van der Waals surface area contributed by atoms with Crippen molar-refractivity contribution in [2.75, 3.05) is 26.2 Å². The number of unbranched alkanes of at least 4 members (excludes halogenated alkanes) is 5. The third kappa shape index (κ3) is 11.3. The number of benzene rings is 3. The smallest absolute Gasteiger partial charge is 0.0814 e. The van der Waals surface area contributed by atoms with Crippen LogP contribution in [0.5, 0.6) is 0 Å². The fourth-order valence-electron chi connectivity index (χ4n) is 6.92. The fourth-order valence-corrected chi connectivity index (χ4v) is 6.92. The first kappa shape index (κ1) is 36.9. The molecular weight excluding hydrogens is 517 g/mol. The molecule has 3 aromatic rings. The summed E-state index contributed by atoms with van der Waals surface area (Å²) in [5.41, 5.74) is 8.33. The normalized spacial score (nSPS) is 11.7. The third-order valence-corrected chi connectivity index (χ3v) is 9.87. The Morgan fingerprint density at radius 1 is 0.395 bits per heavy atom. The molecule has 43 heavy (non-hydrogen) atoms. The summed E-state index contributed by atoms with van der Waals surface area (Å²) in [5.74, 6) is 0. The first-order valence-corrected chi connectivity index (χ1v) is 18.0. The van der Waals surface area contributed by atoms with E-state index in [4.69, 9.17) is 0 Å². The highest BCUT2D eigenvalue weighted by Crippen LogP contribution is 2.18. The zero-order valence-corrected chi connectivity index (χ0v) is 29.6. The van der Waals surface area contributed by atoms with Gasteiger partial charge in [0.15, 0.2) is 0 Å². The van der Waals surface area contributed by atoms with Crippen LogP contribution in [0.25, 0.3) is 0 Å². The highest BCUT2D eigenvalue weighted by Gasteiger charge is 2.29. The van der Waals surface area contributed by atoms with E-state index in [1.54, 1.807) is 0 Å². The monoisotopic (exact) mass is 584 g/mol. The van der Waals surface area contributed by atoms with Crippen LogP contribution in [0.2, 0.25) is 6.32 Å². The number of quaternary nitrogens is 1. The van der Waals surface area contributed by atoms with Crippen LogP contribution in [-0.4, -0.2) is 36.8 Å². The molecule has 0 saturated heterocycles. The van der Waals surface area contributed by atoms with Gasteiger partial charge < -0.3 is 4.48 Å². The number of nitrogens with zero attached hydrogens (tertiary/aromatic N) is 1. The summed E-state index contributed by atoms with van der Waals surface area (Å²) >= 11 is 0. The van der Waals surface area contributed by atoms with Crippen molar-refractivity contribution in [2.45, 2.75) is 126 Å². The molecule has 0 bridgehead atoms. The first-order chi connectivity index (χ1) is 20.8. The van der Waals surface area contributed by atoms with Crippen LogP contribution in [-0.2, 0) is 0 Å². The molecule has 0 radical (unpaired) electrons. The summed E-state index contributed by atoms with van der Waals surface area (Å²) < 4.78 is 1.42. The molecule has 0 spiro atoms. The van der Waals surface area contributed by atoms with Crippen LogP contribution in [0.1, 0.15) is 116 Å². The van der Waals surface area contributed by atoms with Gasteiger partial charge in [-0.25, -0.2) is 0 Å². The largest absolute Gasteiger partial charge is 0.324 e. The second-order valence-electron chi connectivity index (χ2n) is 13.6. The molecule has 1 nitrogen and oxygen atoms in total. The lowest BCUT2D eigenvalue weighted by Crippen LogP contribution is -2.67. The van der Waals surface area contributed by atoms with Gasteiger partial charge in [-0.05, 0) is 46.5 Å². The van der Waals surface area contributed by atoms with E-state index in [9.17, 15) is 0 Å². The second kappa shape index (κ2) is 19.9. The maximum atomic E-state index is 2.35. The molecule has 0 unspecified atom stereocenters. The molecule has 2 heteroatoms. The summed E-state index contributed by atoms with van der Waals surface area (Å²) in [4.78, 5) is 0. The van der Waals surface area contributed by atoms with Crippen molar-refractivity contribution in [3.63, 3.8) is 0 Å². The van der Waals surface area contributed by atoms with E-state index in [-0.39, 0.29) is 0 Å². The van der Waals surface area contributed by atoms with Gasteiger partial charge >= 0.3 is 0 Å². The van der Waals surface area contributed by atoms with Gasteiger partial charge in [-0.15, -0.1) is 0 Å². The van der Waals surface area contributed by atoms with Crippen molar-refractivity contribution < 1.29 is 4.48 Å². The fraction of sp³-hybridized carbons (Fsp3) is 0.561. The maximum Gasteiger partial charge on any atom is 0.0814 e. The Balaban J connectivity index is 0.000000332. The second-order valence-corrected chi connectivity index (χ2v) is 13.6. The van der Waals surface area contributed by atoms with Gasteiger partial charge in [-0.1, -0.05) is 163 Å². The van der Waals surface area contributed by atoms with Crippen molar-refractivity contribution in [1.82, 2.24) is 0 Å². The number of rotatable bonds is 18. The van der Waals surface area contributed by atoms with Crippen LogP contribution in [0, 0.1) is 20.8 Å². The minimum atomic E-state index is -0.957. The van der Waals surface area contributed by atoms with Gasteiger partial charge in [0.1, 0.15) is 0 Å². The number of hydrogen-bond donors (Lipinski definition) is 0. The molecule has 238 valence electrons. The Labute approximate surface area is 268 Å². The standard InChI is InChI=1S/C25H30B.C16H36N/c1-5-6-19-26(23-13-7-20(2)8-14-23,24-15-9-21(3)10-16-24)25-17-11-22(4)12-18-25;1-5-9-13-17(14-10-6-2,15-11-7-3)16-12-8-4/h7-18H,5-6,19H2,1-4H3;5-16H2,1-4H3/q-1;+1. The predicted molar refractivity (Wildman–Crippen MR) is 197 cm³/mol. The van der Waals surface area contributed by atoms with Gasteiger partial charge in [0.2, 0.25) is 0 Å². The number of hydrogen-bond acceptors (Lipinski definition) is 0. The molecule has 3 rings (SSSR count). The van der Waals surface area contributed by atoms with E-state index in [2.05, 4.69) is 128 Å². The lowest BCUT2D eigenvalue weighted by atomic mass is 9.14. The highest BCUT2D eigenvalue weighted by molar-refractivity contribution is 7.11. The molecule has 0 aliphatic rings. The van der Waals surface area contributed by atoms with E-state index < -0.39 is 6.15 Å². The molecule has 0 atom stereocenters. The average molecular weight is 584 g/mol. The van der Waals surface area contributed by atoms with Crippen LogP contribution in [0.15, 0.2) is 72.8 Å². The van der Waals surface area contributed by atoms with Crippen molar-refractivity contribution >= 4 is 22.5 Å². The zero-order chi connectivity index (χ0) is 31.6. The topological polar surface area (TPSA) is 0 Å². The molecule has 0 aliphatic heterocycles.